The highest BCUT2D eigenvalue weighted by Crippen LogP contribution is 2.29. The largest absolute Gasteiger partial charge is 0.508 e. The number of carbonyl (C=O) groups excluding carboxylic acids is 4. The highest BCUT2D eigenvalue weighted by atomic mass is 16.6. The summed E-state index contributed by atoms with van der Waals surface area (Å²) in [4.78, 5) is 46.7. The Balaban J connectivity index is -0.0000000767. The second kappa shape index (κ2) is 83.9. The van der Waals surface area contributed by atoms with E-state index in [1.807, 2.05) is 113 Å². The zero-order chi connectivity index (χ0) is 81.4. The lowest BCUT2D eigenvalue weighted by Gasteiger charge is -2.21. The molecule has 0 bridgehead atoms. The summed E-state index contributed by atoms with van der Waals surface area (Å²) in [5.74, 6) is 3.91. The summed E-state index contributed by atoms with van der Waals surface area (Å²) in [6.07, 6.45) is 6.99. The predicted octanol–water partition coefficient (Wildman–Crippen LogP) is 32.3. The Morgan fingerprint density at radius 3 is 1.00 bits per heavy atom. The summed E-state index contributed by atoms with van der Waals surface area (Å²) >= 11 is 0. The number of para-hydroxylation sites is 1. The van der Waals surface area contributed by atoms with Crippen LogP contribution in [0.5, 0.6) is 40.2 Å². The van der Waals surface area contributed by atoms with Crippen LogP contribution in [0.1, 0.15) is 374 Å². The van der Waals surface area contributed by atoms with Crippen LogP contribution in [0.2, 0.25) is 0 Å². The minimum atomic E-state index is -1.10. The second-order valence-electron chi connectivity index (χ2n) is 28.1. The number of anilines is 1. The van der Waals surface area contributed by atoms with Crippen molar-refractivity contribution < 1.29 is 74.2 Å². The van der Waals surface area contributed by atoms with Crippen LogP contribution in [0.3, 0.4) is 0 Å². The first-order valence-corrected chi connectivity index (χ1v) is 38.0. The van der Waals surface area contributed by atoms with Crippen molar-refractivity contribution >= 4 is 29.6 Å². The number of carbonyl (C=O) groups is 4. The van der Waals surface area contributed by atoms with Gasteiger partial charge in [-0.3, -0.25) is 9.59 Å². The SMILES string of the molecule is C.C.C.C.C.C.C.C.C.C.C.C.C.C.C.C.CCC(C)(C)C(=O)OCC(O)COC(=O)c1cccc(O)c1.CCC(C)(C)C(=O)OCCNC(=O)Nc1cccc(O)c1.CCC(C)c1ccc(O)cc1.CCC(C)c1cccc(O)c1.CCC(C)c1cccc(O)c1.CCC(C)c1cccc(O)c1.CCC(C)c1ccccc1.CCC(C)c1ccccc1O. The maximum absolute atomic E-state index is 11.7. The molecule has 720 valence electrons. The van der Waals surface area contributed by atoms with Gasteiger partial charge in [0.2, 0.25) is 0 Å². The Bertz CT molecular complexity index is 3660. The van der Waals surface area contributed by atoms with Gasteiger partial charge in [0.05, 0.1) is 22.9 Å². The van der Waals surface area contributed by atoms with Gasteiger partial charge in [0.15, 0.2) is 0 Å². The van der Waals surface area contributed by atoms with E-state index in [0.29, 0.717) is 82.8 Å². The smallest absolute Gasteiger partial charge is 0.338 e. The number of benzene rings is 8. The molecule has 0 aromatic heterocycles. The Morgan fingerprint density at radius 2 is 0.645 bits per heavy atom. The summed E-state index contributed by atoms with van der Waals surface area (Å²) in [6, 6.07) is 59.5. The zero-order valence-electron chi connectivity index (χ0n) is 67.5. The van der Waals surface area contributed by atoms with Gasteiger partial charge in [-0.25, -0.2) is 9.59 Å². The lowest BCUT2D eigenvalue weighted by molar-refractivity contribution is -0.157. The number of urea groups is 1. The third-order valence-electron chi connectivity index (χ3n) is 18.8. The molecule has 7 unspecified atom stereocenters. The first-order valence-electron chi connectivity index (χ1n) is 38.0. The summed E-state index contributed by atoms with van der Waals surface area (Å²) < 4.78 is 15.0. The van der Waals surface area contributed by atoms with Crippen LogP contribution < -0.4 is 10.6 Å². The van der Waals surface area contributed by atoms with E-state index >= 15 is 0 Å². The van der Waals surface area contributed by atoms with Crippen molar-refractivity contribution in [3.8, 4) is 40.2 Å². The van der Waals surface area contributed by atoms with Crippen molar-refractivity contribution in [3.05, 3.63) is 239 Å². The molecule has 0 saturated heterocycles. The van der Waals surface area contributed by atoms with Gasteiger partial charge in [-0.1, -0.05) is 325 Å². The molecular formula is C107H192N2O15. The number of rotatable bonds is 25. The fourth-order valence-electron chi connectivity index (χ4n) is 9.24. The molecule has 10 N–H and O–H groups in total. The summed E-state index contributed by atoms with van der Waals surface area (Å²) in [7, 11) is 0. The molecule has 124 heavy (non-hydrogen) atoms. The normalized spacial score (nSPS) is 10.8. The van der Waals surface area contributed by atoms with Crippen molar-refractivity contribution in [2.24, 2.45) is 10.8 Å². The van der Waals surface area contributed by atoms with Crippen molar-refractivity contribution in [2.45, 2.75) is 336 Å². The number of phenols is 7. The molecule has 0 fully saturated rings. The van der Waals surface area contributed by atoms with Crippen LogP contribution in [0.4, 0.5) is 10.5 Å². The molecular weight excluding hydrogens is 1550 g/mol. The number of aromatic hydroxyl groups is 7. The molecule has 0 aliphatic heterocycles. The Kier molecular flexibility index (Phi) is 103. The fourth-order valence-corrected chi connectivity index (χ4v) is 9.24. The number of phenolic OH excluding ortho intramolecular Hbond substituents is 7. The van der Waals surface area contributed by atoms with Gasteiger partial charge >= 0.3 is 23.9 Å². The van der Waals surface area contributed by atoms with E-state index in [4.69, 9.17) is 34.6 Å². The molecule has 0 radical (unpaired) electrons. The molecule has 0 saturated carbocycles. The van der Waals surface area contributed by atoms with Crippen LogP contribution in [0.25, 0.3) is 0 Å². The fraction of sp³-hybridized carbons (Fsp3) is 0.514. The van der Waals surface area contributed by atoms with E-state index in [0.717, 1.165) is 37.7 Å². The molecule has 17 heteroatoms. The highest BCUT2D eigenvalue weighted by molar-refractivity contribution is 5.90. The first kappa shape index (κ1) is 152. The van der Waals surface area contributed by atoms with E-state index in [2.05, 4.69) is 124 Å². The lowest BCUT2D eigenvalue weighted by atomic mass is 9.91. The summed E-state index contributed by atoms with van der Waals surface area (Å²) in [5, 5.41) is 79.2. The monoisotopic (exact) mass is 1750 g/mol. The average Bonchev–Trinajstić information content (AvgIpc) is 0.852. The van der Waals surface area contributed by atoms with Crippen LogP contribution in [-0.2, 0) is 23.8 Å². The Hall–Kier alpha value is -10.0. The molecule has 8 aromatic rings. The second-order valence-corrected chi connectivity index (χ2v) is 28.1. The number of aliphatic hydroxyl groups excluding tert-OH is 1. The summed E-state index contributed by atoms with van der Waals surface area (Å²) in [5.41, 5.74) is 6.98. The van der Waals surface area contributed by atoms with Crippen molar-refractivity contribution in [2.75, 3.05) is 31.7 Å². The maximum Gasteiger partial charge on any atom is 0.338 e. The van der Waals surface area contributed by atoms with Gasteiger partial charge in [0.1, 0.15) is 66.2 Å². The van der Waals surface area contributed by atoms with Gasteiger partial charge in [0, 0.05) is 11.8 Å². The lowest BCUT2D eigenvalue weighted by Crippen LogP contribution is -2.34. The van der Waals surface area contributed by atoms with E-state index in [1.54, 1.807) is 62.4 Å². The number of hydrogen-bond acceptors (Lipinski definition) is 15. The number of esters is 3. The molecule has 2 amide bonds. The molecule has 8 rings (SSSR count). The zero-order valence-corrected chi connectivity index (χ0v) is 67.5. The van der Waals surface area contributed by atoms with E-state index in [-0.39, 0.29) is 168 Å². The van der Waals surface area contributed by atoms with Crippen LogP contribution in [0, 0.1) is 10.8 Å². The molecule has 0 spiro atoms. The number of hydrogen-bond donors (Lipinski definition) is 10. The van der Waals surface area contributed by atoms with Crippen molar-refractivity contribution in [1.82, 2.24) is 5.32 Å². The molecule has 8 aromatic carbocycles. The Morgan fingerprint density at radius 1 is 0.331 bits per heavy atom. The van der Waals surface area contributed by atoms with E-state index in [1.165, 1.54) is 70.6 Å². The van der Waals surface area contributed by atoms with Gasteiger partial charge < -0.3 is 65.7 Å². The average molecular weight is 1750 g/mol. The highest BCUT2D eigenvalue weighted by Gasteiger charge is 2.28. The van der Waals surface area contributed by atoms with Crippen molar-refractivity contribution in [1.29, 1.82) is 0 Å². The molecule has 0 heterocycles. The van der Waals surface area contributed by atoms with Gasteiger partial charge in [-0.2, -0.15) is 0 Å². The molecule has 0 aliphatic carbocycles. The molecule has 7 atom stereocenters. The first-order chi connectivity index (χ1) is 51.1. The maximum atomic E-state index is 11.7. The summed E-state index contributed by atoms with van der Waals surface area (Å²) in [6.45, 7) is 36.7. The number of amides is 2. The van der Waals surface area contributed by atoms with Gasteiger partial charge in [-0.05, 0) is 233 Å². The quantitative estimate of drug-likeness (QED) is 0.0145. The third-order valence-corrected chi connectivity index (χ3v) is 18.8. The van der Waals surface area contributed by atoms with E-state index in [9.17, 15) is 39.6 Å². The topological polar surface area (TPSA) is 282 Å². The predicted molar refractivity (Wildman–Crippen MR) is 546 cm³/mol. The minimum absolute atomic E-state index is 0. The van der Waals surface area contributed by atoms with Crippen LogP contribution in [-0.4, -0.2) is 97.3 Å². The van der Waals surface area contributed by atoms with Crippen molar-refractivity contribution in [3.63, 3.8) is 0 Å². The van der Waals surface area contributed by atoms with Crippen LogP contribution >= 0.6 is 0 Å². The molecule has 0 aliphatic rings. The number of ether oxygens (including phenoxy) is 3. The van der Waals surface area contributed by atoms with Crippen LogP contribution in [0.15, 0.2) is 200 Å². The number of aliphatic hydroxyl groups is 1. The van der Waals surface area contributed by atoms with Gasteiger partial charge in [0.25, 0.3) is 0 Å². The van der Waals surface area contributed by atoms with E-state index < -0.39 is 34.9 Å². The number of nitrogens with one attached hydrogen (secondary N) is 2. The van der Waals surface area contributed by atoms with Gasteiger partial charge in [-0.15, -0.1) is 0 Å². The third kappa shape index (κ3) is 63.0. The minimum Gasteiger partial charge on any atom is -0.508 e. The standard InChI is InChI=1S/C16H22O6.C15H22N2O4.5C10H14O.C10H14.16CH4/c1-4-16(2,3)15(20)22-10-13(18)9-21-14(19)11-6-5-7-12(17)8-11;1-4-15(2,3)13(19)21-9-8-16-14(20)17-11-6-5-7-12(18)10-11;1-3-8(2)9-4-6-10(11)7-5-9;3*1-3-8(2)9-5-4-6-10(11)7-9;1-3-8(2)9-6-4-5-7-10(9)11;1-3-9(2)10-7-5-4-6-8-10;;;;;;;;;;;;;;;;/h5-8,13,17-18H,4,9-10H2,1-3H3;5-7,10,18H,4,8-9H2,1-3H3,(H2,16,17,20);5*4-8,11H,3H2,1-2H3;4-9H,3H2,1-2H3;16*1H4. The Labute approximate surface area is 763 Å². The molecule has 17 nitrogen and oxygen atoms in total.